The van der Waals surface area contributed by atoms with Crippen LogP contribution in [0.15, 0.2) is 110 Å². The van der Waals surface area contributed by atoms with Crippen LogP contribution in [-0.2, 0) is 85.1 Å². The molecular weight excluding hydrogens is 1360 g/mol. The Bertz CT molecular complexity index is 4100. The maximum atomic E-state index is 15.2. The number of methoxy groups -OCH3 is 1. The second kappa shape index (κ2) is 36.7. The van der Waals surface area contributed by atoms with Gasteiger partial charge in [-0.05, 0) is 149 Å². The van der Waals surface area contributed by atoms with E-state index >= 15 is 19.2 Å². The number of fused-ring (bicyclic) bond motifs is 5. The maximum absolute atomic E-state index is 15.2. The number of rotatable bonds is 17. The van der Waals surface area contributed by atoms with Crippen molar-refractivity contribution in [2.45, 2.75) is 150 Å². The number of carbonyl (C=O) groups is 10. The summed E-state index contributed by atoms with van der Waals surface area (Å²) in [7, 11) is 3.28. The Kier molecular flexibility index (Phi) is 27.5. The van der Waals surface area contributed by atoms with Crippen molar-refractivity contribution in [1.29, 1.82) is 0 Å². The Morgan fingerprint density at radius 2 is 1.26 bits per heavy atom. The standard InChI is InChI=1S/C72H88F2N14O12S2/c1-42-64(92)84-57(33-47-39-80-54-21-16-49(74)35-52(47)54)67(95)83-56(19-14-46-38-79-53-20-15-48(73)34-51(46)53)66(94)86-59(37-63(90)91)69(97)85-58(36-61-76-25-26-77-61)68(96)87-60(32-43-12-17-50(100-4)18-13-43)70(98)88-28-8-23-72(88,2)71(99)78-27-30-102-41-45-10-7-9-44(31-45)40-101-29-22-62(89)82-55(65(93)81-42)11-5-6-24-75-3/h7,9-10,12-13,15-18,20-21,25-26,31,34-35,38-39,42,55-60,75,79-80H,5-6,8,11,14,19,22-24,27-30,32-33,36-37,40-41H2,1-4H3,(H,76,77)(H,78,99)(H,81,93)(H,82,89)(H,83,95)(H,84,92)(H,85,97)(H,86,94)(H,87,96)(H,90,91)/t42-,55+,56+,57+,58+,59+,60+,72+/m1/s1. The molecule has 0 aliphatic carbocycles. The number of benzene rings is 4. The van der Waals surface area contributed by atoms with Gasteiger partial charge in [0.1, 0.15) is 71.0 Å². The molecular formula is C72H88F2N14O12S2. The first kappa shape index (κ1) is 76.4. The first-order chi connectivity index (χ1) is 49.1. The molecule has 2 aliphatic heterocycles. The summed E-state index contributed by atoms with van der Waals surface area (Å²) in [6, 6.07) is 12.1. The SMILES string of the molecule is CNCCCC[C@@H]1NC(=O)CCSCc2cccc(c2)CSCCNC(=O)[C@]2(C)CCCN2C(=O)[C@H](Cc2ccc(OC)cc2)NC(=O)[C@H](Cc2ncc[nH]2)NC(=O)[C@H](CC(=O)O)NC(=O)[C@H](CCc2c[nH]c3ccc(F)cc23)NC(=O)[C@H](Cc2c[nH]c3ccc(F)cc23)NC(=O)[C@@H](C)NC1=O. The van der Waals surface area contributed by atoms with E-state index in [0.29, 0.717) is 99.5 Å². The van der Waals surface area contributed by atoms with Crippen molar-refractivity contribution in [2.24, 2.45) is 0 Å². The highest BCUT2D eigenvalue weighted by Crippen LogP contribution is 2.31. The molecule has 102 heavy (non-hydrogen) atoms. The van der Waals surface area contributed by atoms with E-state index in [1.165, 1.54) is 85.7 Å². The molecule has 0 unspecified atom stereocenters. The van der Waals surface area contributed by atoms with E-state index in [9.17, 15) is 42.7 Å². The van der Waals surface area contributed by atoms with E-state index in [1.807, 2.05) is 18.2 Å². The predicted molar refractivity (Wildman–Crippen MR) is 382 cm³/mol. The predicted octanol–water partition coefficient (Wildman–Crippen LogP) is 4.67. The molecule has 1 saturated heterocycles. The maximum Gasteiger partial charge on any atom is 0.305 e. The molecule has 0 spiro atoms. The number of aromatic nitrogens is 4. The van der Waals surface area contributed by atoms with Gasteiger partial charge in [0.05, 0.1) is 13.5 Å². The van der Waals surface area contributed by atoms with Crippen molar-refractivity contribution in [1.82, 2.24) is 72.7 Å². The highest BCUT2D eigenvalue weighted by Gasteiger charge is 2.48. The Labute approximate surface area is 597 Å². The van der Waals surface area contributed by atoms with Gasteiger partial charge in [-0.3, -0.25) is 47.9 Å². The van der Waals surface area contributed by atoms with Crippen molar-refractivity contribution < 1.29 is 66.6 Å². The molecule has 7 aromatic rings. The minimum Gasteiger partial charge on any atom is -0.497 e. The molecule has 4 aromatic carbocycles. The fourth-order valence-electron chi connectivity index (χ4n) is 12.5. The van der Waals surface area contributed by atoms with Crippen LogP contribution in [0.2, 0.25) is 0 Å². The average molecular weight is 1440 g/mol. The van der Waals surface area contributed by atoms with Gasteiger partial charge < -0.3 is 77.5 Å². The zero-order valence-corrected chi connectivity index (χ0v) is 58.9. The van der Waals surface area contributed by atoms with E-state index in [1.54, 1.807) is 56.2 Å². The number of halogens is 2. The fourth-order valence-corrected chi connectivity index (χ4v) is 14.2. The van der Waals surface area contributed by atoms with Crippen molar-refractivity contribution in [3.05, 3.63) is 155 Å². The molecule has 0 saturated carbocycles. The van der Waals surface area contributed by atoms with Crippen LogP contribution < -0.4 is 52.6 Å². The van der Waals surface area contributed by atoms with Gasteiger partial charge in [-0.2, -0.15) is 23.5 Å². The number of carbonyl (C=O) groups excluding carboxylic acids is 9. The van der Waals surface area contributed by atoms with Gasteiger partial charge in [0.2, 0.25) is 53.2 Å². The molecule has 2 bridgehead atoms. The van der Waals surface area contributed by atoms with E-state index in [4.69, 9.17) is 4.74 Å². The number of amides is 9. The van der Waals surface area contributed by atoms with Gasteiger partial charge in [0, 0.05) is 108 Å². The lowest BCUT2D eigenvalue weighted by molar-refractivity contribution is -0.146. The largest absolute Gasteiger partial charge is 0.497 e. The summed E-state index contributed by atoms with van der Waals surface area (Å²) in [5.74, 6) is -7.05. The smallest absolute Gasteiger partial charge is 0.305 e. The summed E-state index contributed by atoms with van der Waals surface area (Å²) in [6.07, 6.45) is 5.97. The normalized spacial score (nSPS) is 22.6. The van der Waals surface area contributed by atoms with Crippen molar-refractivity contribution in [2.75, 3.05) is 45.3 Å². The zero-order valence-electron chi connectivity index (χ0n) is 57.3. The number of hydrogen-bond acceptors (Lipinski definition) is 15. The summed E-state index contributed by atoms with van der Waals surface area (Å²) in [4.78, 5) is 160. The first-order valence-electron chi connectivity index (χ1n) is 34.0. The Morgan fingerprint density at radius 3 is 1.93 bits per heavy atom. The van der Waals surface area contributed by atoms with Crippen molar-refractivity contribution in [3.8, 4) is 5.75 Å². The molecule has 0 radical (unpaired) electrons. The number of aryl methyl sites for hydroxylation is 1. The minimum absolute atomic E-state index is 0.0540. The first-order valence-corrected chi connectivity index (χ1v) is 36.3. The fraction of sp³-hybridized carbons (Fsp3) is 0.431. The number of thioether (sulfide) groups is 2. The van der Waals surface area contributed by atoms with Gasteiger partial charge in [0.15, 0.2) is 0 Å². The molecule has 26 nitrogen and oxygen atoms in total. The van der Waals surface area contributed by atoms with Crippen LogP contribution in [0, 0.1) is 11.6 Å². The number of nitrogens with zero attached hydrogens (tertiary/aromatic N) is 2. The third kappa shape index (κ3) is 21.1. The van der Waals surface area contributed by atoms with Gasteiger partial charge in [-0.1, -0.05) is 36.4 Å². The van der Waals surface area contributed by atoms with Crippen LogP contribution in [0.4, 0.5) is 8.78 Å². The second-order valence-electron chi connectivity index (χ2n) is 25.7. The summed E-state index contributed by atoms with van der Waals surface area (Å²) in [5.41, 5.74) is 3.16. The lowest BCUT2D eigenvalue weighted by atomic mass is 9.95. The van der Waals surface area contributed by atoms with Crippen LogP contribution >= 0.6 is 23.5 Å². The number of H-pyrrole nitrogens is 3. The lowest BCUT2D eigenvalue weighted by Crippen LogP contribution is -2.62. The molecule has 9 rings (SSSR count). The Balaban J connectivity index is 1.05. The van der Waals surface area contributed by atoms with Crippen LogP contribution in [0.1, 0.15) is 98.9 Å². The van der Waals surface area contributed by atoms with Crippen LogP contribution in [0.25, 0.3) is 21.8 Å². The van der Waals surface area contributed by atoms with Crippen molar-refractivity contribution in [3.63, 3.8) is 0 Å². The summed E-state index contributed by atoms with van der Waals surface area (Å²) in [5, 5.41) is 36.1. The highest BCUT2D eigenvalue weighted by atomic mass is 32.2. The number of carboxylic acid groups (broad SMARTS) is 1. The molecule has 2 aliphatic rings. The Morgan fingerprint density at radius 1 is 0.667 bits per heavy atom. The quantitative estimate of drug-likeness (QED) is 0.0551. The van der Waals surface area contributed by atoms with E-state index < -0.39 is 125 Å². The number of aliphatic carboxylic acids is 1. The van der Waals surface area contributed by atoms with Crippen molar-refractivity contribution >= 4 is 104 Å². The summed E-state index contributed by atoms with van der Waals surface area (Å²) in [6.45, 7) is 4.12. The topological polar surface area (TPSA) is 372 Å². The molecule has 3 aromatic heterocycles. The zero-order chi connectivity index (χ0) is 72.9. The molecule has 8 atom stereocenters. The molecule has 1 fully saturated rings. The monoisotopic (exact) mass is 1440 g/mol. The number of hydrogen-bond donors (Lipinski definition) is 13. The van der Waals surface area contributed by atoms with E-state index in [2.05, 4.69) is 73.9 Å². The third-order valence-electron chi connectivity index (χ3n) is 18.2. The van der Waals surface area contributed by atoms with Gasteiger partial charge in [-0.25, -0.2) is 13.8 Å². The van der Waals surface area contributed by atoms with Gasteiger partial charge >= 0.3 is 5.97 Å². The van der Waals surface area contributed by atoms with Crippen LogP contribution in [0.3, 0.4) is 0 Å². The number of nitrogens with one attached hydrogen (secondary N) is 12. The van der Waals surface area contributed by atoms with Crippen LogP contribution in [-0.4, -0.2) is 182 Å². The summed E-state index contributed by atoms with van der Waals surface area (Å²) < 4.78 is 35.1. The minimum atomic E-state index is -1.98. The number of unbranched alkanes of at least 4 members (excludes halogenated alkanes) is 1. The average Bonchev–Trinajstić information content (AvgIpc) is 1.59. The van der Waals surface area contributed by atoms with E-state index in [-0.39, 0.29) is 63.9 Å². The molecule has 5 heterocycles. The molecule has 544 valence electrons. The molecule has 30 heteroatoms. The van der Waals surface area contributed by atoms with E-state index in [0.717, 1.165) is 11.1 Å². The molecule has 13 N–H and O–H groups in total. The lowest BCUT2D eigenvalue weighted by Gasteiger charge is -2.36. The van der Waals surface area contributed by atoms with Crippen LogP contribution in [0.5, 0.6) is 5.75 Å². The summed E-state index contributed by atoms with van der Waals surface area (Å²) >= 11 is 3.14. The number of carboxylic acids is 1. The molecule has 9 amide bonds. The Hall–Kier alpha value is -9.81. The number of imidazole rings is 1. The van der Waals surface area contributed by atoms with Gasteiger partial charge in [-0.15, -0.1) is 0 Å². The van der Waals surface area contributed by atoms with Gasteiger partial charge in [0.25, 0.3) is 0 Å². The number of aromatic amines is 3. The second-order valence-corrected chi connectivity index (χ2v) is 27.9. The number of ether oxygens (including phenoxy) is 1. The highest BCUT2D eigenvalue weighted by molar-refractivity contribution is 7.98. The third-order valence-corrected chi connectivity index (χ3v) is 20.2.